The fraction of sp³-hybridized carbons (Fsp3) is 0.391. The van der Waals surface area contributed by atoms with Crippen LogP contribution in [0.1, 0.15) is 60.8 Å². The Labute approximate surface area is 172 Å². The second-order valence-electron chi connectivity index (χ2n) is 7.48. The number of esters is 2. The van der Waals surface area contributed by atoms with Gasteiger partial charge in [-0.3, -0.25) is 9.59 Å². The van der Waals surface area contributed by atoms with Crippen molar-refractivity contribution in [3.63, 3.8) is 0 Å². The first kappa shape index (κ1) is 22.6. The molecule has 0 radical (unpaired) electrons. The van der Waals surface area contributed by atoms with Crippen molar-refractivity contribution in [1.29, 1.82) is 0 Å². The number of benzene rings is 2. The van der Waals surface area contributed by atoms with E-state index in [1.54, 1.807) is 0 Å². The molecule has 29 heavy (non-hydrogen) atoms. The largest absolute Gasteiger partial charge is 0.469 e. The summed E-state index contributed by atoms with van der Waals surface area (Å²) in [6.07, 6.45) is 0.634. The van der Waals surface area contributed by atoms with Gasteiger partial charge in [-0.05, 0) is 34.1 Å². The number of ether oxygens (including phenoxy) is 2. The molecule has 0 bridgehead atoms. The fourth-order valence-electron chi connectivity index (χ4n) is 3.24. The molecule has 2 rings (SSSR count). The summed E-state index contributed by atoms with van der Waals surface area (Å²) in [6, 6.07) is 15.3. The van der Waals surface area contributed by atoms with Gasteiger partial charge in [-0.1, -0.05) is 62.4 Å². The minimum atomic E-state index is -1.16. The molecule has 0 aromatic heterocycles. The molecular formula is C23H30N2O4. The molecular weight excluding hydrogens is 368 g/mol. The minimum absolute atomic E-state index is 0.0389. The smallest absolute Gasteiger partial charge is 0.306 e. The topological polar surface area (TPSA) is 105 Å². The maximum atomic E-state index is 11.5. The molecule has 6 nitrogen and oxygen atoms in total. The monoisotopic (exact) mass is 398 g/mol. The zero-order valence-electron chi connectivity index (χ0n) is 17.5. The van der Waals surface area contributed by atoms with Gasteiger partial charge in [0.05, 0.1) is 27.1 Å². The van der Waals surface area contributed by atoms with E-state index in [1.807, 2.05) is 62.4 Å². The number of rotatable bonds is 8. The molecule has 0 saturated heterocycles. The Bertz CT molecular complexity index is 759. The summed E-state index contributed by atoms with van der Waals surface area (Å²) < 4.78 is 9.45. The van der Waals surface area contributed by atoms with Crippen LogP contribution in [0.4, 0.5) is 0 Å². The summed E-state index contributed by atoms with van der Waals surface area (Å²) in [6.45, 7) is 3.94. The third-order valence-electron chi connectivity index (χ3n) is 5.32. The van der Waals surface area contributed by atoms with Gasteiger partial charge in [0.2, 0.25) is 0 Å². The lowest BCUT2D eigenvalue weighted by Gasteiger charge is -2.27. The van der Waals surface area contributed by atoms with Gasteiger partial charge in [0, 0.05) is 0 Å². The lowest BCUT2D eigenvalue weighted by Crippen LogP contribution is -2.47. The Morgan fingerprint density at radius 2 is 1.07 bits per heavy atom. The second-order valence-corrected chi connectivity index (χ2v) is 7.48. The number of hydrogen-bond donors (Lipinski definition) is 2. The summed E-state index contributed by atoms with van der Waals surface area (Å²) in [5.41, 5.74) is 15.3. The normalized spacial score (nSPS) is 13.4. The van der Waals surface area contributed by atoms with Crippen molar-refractivity contribution in [2.45, 2.75) is 44.2 Å². The van der Waals surface area contributed by atoms with Gasteiger partial charge in [-0.25, -0.2) is 0 Å². The second kappa shape index (κ2) is 9.67. The Morgan fingerprint density at radius 3 is 1.34 bits per heavy atom. The molecule has 0 fully saturated rings. The maximum Gasteiger partial charge on any atom is 0.306 e. The summed E-state index contributed by atoms with van der Waals surface area (Å²) in [7, 11) is 2.77. The van der Waals surface area contributed by atoms with E-state index in [-0.39, 0.29) is 23.8 Å². The van der Waals surface area contributed by atoms with Crippen molar-refractivity contribution in [3.8, 4) is 0 Å². The Hall–Kier alpha value is -2.70. The van der Waals surface area contributed by atoms with Gasteiger partial charge in [0.15, 0.2) is 0 Å². The Kier molecular flexibility index (Phi) is 7.53. The first-order valence-electron chi connectivity index (χ1n) is 9.61. The third-order valence-corrected chi connectivity index (χ3v) is 5.32. The SMILES string of the molecule is COC(=O)CC(C)c1ccc(C(N)(N)c2ccc(C(C)CC(=O)OC)cc2)cc1. The van der Waals surface area contributed by atoms with E-state index in [1.165, 1.54) is 14.2 Å². The fourth-order valence-corrected chi connectivity index (χ4v) is 3.24. The van der Waals surface area contributed by atoms with Crippen LogP contribution in [0, 0.1) is 0 Å². The van der Waals surface area contributed by atoms with Crippen LogP contribution in [0.15, 0.2) is 48.5 Å². The van der Waals surface area contributed by atoms with E-state index in [2.05, 4.69) is 0 Å². The first-order valence-corrected chi connectivity index (χ1v) is 9.61. The van der Waals surface area contributed by atoms with Gasteiger partial charge in [-0.15, -0.1) is 0 Å². The Balaban J connectivity index is 2.15. The van der Waals surface area contributed by atoms with Crippen LogP contribution in [-0.4, -0.2) is 26.2 Å². The van der Waals surface area contributed by atoms with Crippen molar-refractivity contribution in [2.24, 2.45) is 11.5 Å². The highest BCUT2D eigenvalue weighted by atomic mass is 16.5. The van der Waals surface area contributed by atoms with Gasteiger partial charge in [0.25, 0.3) is 0 Å². The molecule has 2 unspecified atom stereocenters. The predicted molar refractivity (Wildman–Crippen MR) is 112 cm³/mol. The summed E-state index contributed by atoms with van der Waals surface area (Å²) in [5, 5.41) is 0. The predicted octanol–water partition coefficient (Wildman–Crippen LogP) is 3.14. The van der Waals surface area contributed by atoms with E-state index in [4.69, 9.17) is 20.9 Å². The third kappa shape index (κ3) is 5.65. The van der Waals surface area contributed by atoms with E-state index < -0.39 is 5.66 Å². The van der Waals surface area contributed by atoms with Crippen molar-refractivity contribution < 1.29 is 19.1 Å². The molecule has 0 heterocycles. The quantitative estimate of drug-likeness (QED) is 0.523. The van der Waals surface area contributed by atoms with Gasteiger partial charge < -0.3 is 20.9 Å². The van der Waals surface area contributed by atoms with Crippen LogP contribution in [0.5, 0.6) is 0 Å². The molecule has 4 N–H and O–H groups in total. The Morgan fingerprint density at radius 1 is 0.759 bits per heavy atom. The van der Waals surface area contributed by atoms with Gasteiger partial charge in [-0.2, -0.15) is 0 Å². The van der Waals surface area contributed by atoms with Crippen molar-refractivity contribution in [1.82, 2.24) is 0 Å². The standard InChI is InChI=1S/C23H30N2O4/c1-15(13-21(26)28-3)17-5-9-19(10-6-17)23(24,25)20-11-7-18(8-12-20)16(2)14-22(27)29-4/h5-12,15-16H,13-14,24-25H2,1-4H3. The zero-order chi connectivity index (χ0) is 21.6. The van der Waals surface area contributed by atoms with E-state index in [0.717, 1.165) is 22.3 Å². The summed E-state index contributed by atoms with van der Waals surface area (Å²) >= 11 is 0. The van der Waals surface area contributed by atoms with Crippen LogP contribution in [-0.2, 0) is 24.7 Å². The molecule has 2 aromatic carbocycles. The number of carbonyl (C=O) groups is 2. The van der Waals surface area contributed by atoms with Crippen molar-refractivity contribution >= 4 is 11.9 Å². The summed E-state index contributed by atoms with van der Waals surface area (Å²) in [5.74, 6) is -0.403. The minimum Gasteiger partial charge on any atom is -0.469 e. The first-order chi connectivity index (χ1) is 13.7. The highest BCUT2D eigenvalue weighted by molar-refractivity contribution is 5.70. The van der Waals surface area contributed by atoms with Crippen LogP contribution in [0.2, 0.25) is 0 Å². The number of methoxy groups -OCH3 is 2. The molecule has 0 amide bonds. The number of hydrogen-bond acceptors (Lipinski definition) is 6. The molecule has 2 aromatic rings. The molecule has 0 spiro atoms. The molecule has 0 aliphatic heterocycles. The lowest BCUT2D eigenvalue weighted by molar-refractivity contribution is -0.141. The van der Waals surface area contributed by atoms with Crippen LogP contribution in [0.3, 0.4) is 0 Å². The van der Waals surface area contributed by atoms with Crippen LogP contribution >= 0.6 is 0 Å². The van der Waals surface area contributed by atoms with Crippen molar-refractivity contribution in [3.05, 3.63) is 70.8 Å². The average Bonchev–Trinajstić information content (AvgIpc) is 2.73. The van der Waals surface area contributed by atoms with Gasteiger partial charge in [0.1, 0.15) is 5.66 Å². The highest BCUT2D eigenvalue weighted by Crippen LogP contribution is 2.27. The number of carbonyl (C=O) groups excluding carboxylic acids is 2. The maximum absolute atomic E-state index is 11.5. The molecule has 6 heteroatoms. The van der Waals surface area contributed by atoms with Gasteiger partial charge >= 0.3 is 11.9 Å². The van der Waals surface area contributed by atoms with E-state index >= 15 is 0 Å². The van der Waals surface area contributed by atoms with Crippen LogP contribution in [0.25, 0.3) is 0 Å². The highest BCUT2D eigenvalue weighted by Gasteiger charge is 2.25. The molecule has 156 valence electrons. The number of nitrogens with two attached hydrogens (primary N) is 2. The molecule has 0 aliphatic rings. The molecule has 0 aliphatic carbocycles. The molecule has 0 saturated carbocycles. The molecule has 2 atom stereocenters. The van der Waals surface area contributed by atoms with Crippen molar-refractivity contribution in [2.75, 3.05) is 14.2 Å². The van der Waals surface area contributed by atoms with E-state index in [0.29, 0.717) is 12.8 Å². The zero-order valence-corrected chi connectivity index (χ0v) is 17.5. The summed E-state index contributed by atoms with van der Waals surface area (Å²) in [4.78, 5) is 22.9. The van der Waals surface area contributed by atoms with E-state index in [9.17, 15) is 9.59 Å². The van der Waals surface area contributed by atoms with Crippen LogP contribution < -0.4 is 11.5 Å². The lowest BCUT2D eigenvalue weighted by atomic mass is 9.88. The average molecular weight is 399 g/mol.